The number of likely N-dealkylation sites (N-methyl/N-ethyl adjacent to an activating group) is 1. The van der Waals surface area contributed by atoms with E-state index in [0.717, 1.165) is 50.0 Å². The van der Waals surface area contributed by atoms with Crippen molar-refractivity contribution in [2.45, 2.75) is 13.1 Å². The average molecular weight is 540 g/mol. The highest BCUT2D eigenvalue weighted by atomic mass is 35.5. The van der Waals surface area contributed by atoms with Gasteiger partial charge in [-0.25, -0.2) is 9.37 Å². The Balaban J connectivity index is 1.27. The number of ether oxygens (including phenoxy) is 1. The number of benzene rings is 2. The van der Waals surface area contributed by atoms with Crippen molar-refractivity contribution in [3.63, 3.8) is 0 Å². The number of hydrogen-bond acceptors (Lipinski definition) is 9. The number of hydrogen-bond donors (Lipinski definition) is 1. The lowest BCUT2D eigenvalue weighted by atomic mass is 10.0. The number of phenolic OH excluding ortho intramolecular Hbond substituents is 1. The van der Waals surface area contributed by atoms with Crippen LogP contribution in [0, 0.1) is 5.82 Å². The predicted molar refractivity (Wildman–Crippen MR) is 145 cm³/mol. The van der Waals surface area contributed by atoms with Crippen molar-refractivity contribution < 1.29 is 14.2 Å². The van der Waals surface area contributed by atoms with Crippen molar-refractivity contribution in [1.82, 2.24) is 19.8 Å². The molecule has 3 aromatic rings. The predicted octanol–water partition coefficient (Wildman–Crippen LogP) is 4.51. The van der Waals surface area contributed by atoms with Crippen molar-refractivity contribution in [1.29, 1.82) is 0 Å². The average Bonchev–Trinajstić information content (AvgIpc) is 2.94. The Hall–Kier alpha value is -3.18. The quantitative estimate of drug-likeness (QED) is 0.442. The Morgan fingerprint density at radius 2 is 1.76 bits per heavy atom. The van der Waals surface area contributed by atoms with Gasteiger partial charge in [0.15, 0.2) is 11.6 Å². The van der Waals surface area contributed by atoms with E-state index < -0.39 is 5.82 Å². The molecular formula is C27H31ClFN7O2. The van der Waals surface area contributed by atoms with Gasteiger partial charge in [-0.15, -0.1) is 5.11 Å². The van der Waals surface area contributed by atoms with E-state index in [-0.39, 0.29) is 29.1 Å². The molecule has 5 rings (SSSR count). The van der Waals surface area contributed by atoms with Crippen LogP contribution in [0.1, 0.15) is 11.1 Å². The Labute approximate surface area is 226 Å². The third-order valence-corrected chi connectivity index (χ3v) is 7.14. The minimum absolute atomic E-state index is 0.0462. The molecule has 0 amide bonds. The molecule has 0 atom stereocenters. The molecule has 200 valence electrons. The number of anilines is 1. The van der Waals surface area contributed by atoms with Crippen molar-refractivity contribution in [3.8, 4) is 16.9 Å². The SMILES string of the molecule is CN1CCN(Cc2ccc(-c3cc(Cl)c(O)c(CN=Nc4ncc(F)c(N5CCOCC5)n4)c3)cc2)CC1. The fourth-order valence-corrected chi connectivity index (χ4v) is 4.82. The summed E-state index contributed by atoms with van der Waals surface area (Å²) in [7, 11) is 2.16. The normalized spacial score (nSPS) is 17.4. The zero-order valence-corrected chi connectivity index (χ0v) is 22.1. The third-order valence-electron chi connectivity index (χ3n) is 6.86. The number of aromatic nitrogens is 2. The first-order chi connectivity index (χ1) is 18.5. The standard InChI is InChI=1S/C27H31ClFN7O2/c1-34-6-8-35(9-7-34)18-19-2-4-20(5-3-19)21-14-22(25(37)23(28)15-21)16-31-33-27-30-17-24(29)26(32-27)36-10-12-38-13-11-36/h2-5,14-15,17,37H,6-13,16,18H2,1H3. The van der Waals surface area contributed by atoms with Crippen LogP contribution in [0.15, 0.2) is 52.8 Å². The van der Waals surface area contributed by atoms with Crippen LogP contribution in [-0.2, 0) is 17.8 Å². The zero-order valence-electron chi connectivity index (χ0n) is 21.4. The molecule has 2 aliphatic rings. The molecule has 3 heterocycles. The van der Waals surface area contributed by atoms with E-state index in [4.69, 9.17) is 16.3 Å². The highest BCUT2D eigenvalue weighted by Gasteiger charge is 2.18. The summed E-state index contributed by atoms with van der Waals surface area (Å²) in [5.41, 5.74) is 3.64. The monoisotopic (exact) mass is 539 g/mol. The van der Waals surface area contributed by atoms with Crippen LogP contribution in [-0.4, -0.2) is 84.4 Å². The van der Waals surface area contributed by atoms with Crippen LogP contribution in [0.5, 0.6) is 5.75 Å². The van der Waals surface area contributed by atoms with Gasteiger partial charge in [0, 0.05) is 51.4 Å². The van der Waals surface area contributed by atoms with E-state index in [1.165, 1.54) is 5.56 Å². The molecule has 9 nitrogen and oxygen atoms in total. The number of halogens is 2. The first-order valence-corrected chi connectivity index (χ1v) is 13.1. The molecule has 2 aliphatic heterocycles. The zero-order chi connectivity index (χ0) is 26.5. The van der Waals surface area contributed by atoms with Crippen LogP contribution in [0.25, 0.3) is 11.1 Å². The molecule has 0 unspecified atom stereocenters. The molecule has 38 heavy (non-hydrogen) atoms. The second-order valence-corrected chi connectivity index (χ2v) is 9.99. The molecule has 11 heteroatoms. The molecular weight excluding hydrogens is 509 g/mol. The van der Waals surface area contributed by atoms with Gasteiger partial charge in [-0.05, 0) is 35.9 Å². The van der Waals surface area contributed by atoms with Gasteiger partial charge in [-0.2, -0.15) is 10.1 Å². The molecule has 0 bridgehead atoms. The largest absolute Gasteiger partial charge is 0.506 e. The van der Waals surface area contributed by atoms with E-state index in [9.17, 15) is 9.50 Å². The highest BCUT2D eigenvalue weighted by molar-refractivity contribution is 6.32. The van der Waals surface area contributed by atoms with E-state index in [1.54, 1.807) is 11.0 Å². The van der Waals surface area contributed by atoms with Gasteiger partial charge in [0.2, 0.25) is 0 Å². The van der Waals surface area contributed by atoms with E-state index in [1.807, 2.05) is 6.07 Å². The van der Waals surface area contributed by atoms with E-state index >= 15 is 0 Å². The maximum Gasteiger partial charge on any atom is 0.270 e. The molecule has 1 aromatic heterocycles. The van der Waals surface area contributed by atoms with Crippen molar-refractivity contribution >= 4 is 23.4 Å². The fourth-order valence-electron chi connectivity index (χ4n) is 4.58. The van der Waals surface area contributed by atoms with Crippen LogP contribution in [0.3, 0.4) is 0 Å². The summed E-state index contributed by atoms with van der Waals surface area (Å²) in [6.07, 6.45) is 1.09. The molecule has 2 aromatic carbocycles. The maximum atomic E-state index is 14.3. The fraction of sp³-hybridized carbons (Fsp3) is 0.407. The Morgan fingerprint density at radius 1 is 1.03 bits per heavy atom. The molecule has 0 spiro atoms. The summed E-state index contributed by atoms with van der Waals surface area (Å²) in [6.45, 7) is 7.41. The minimum atomic E-state index is -0.516. The lowest BCUT2D eigenvalue weighted by Crippen LogP contribution is -2.43. The Morgan fingerprint density at radius 3 is 2.50 bits per heavy atom. The van der Waals surface area contributed by atoms with Gasteiger partial charge < -0.3 is 19.6 Å². The topological polar surface area (TPSA) is 89.7 Å². The molecule has 0 saturated carbocycles. The second-order valence-electron chi connectivity index (χ2n) is 9.58. The van der Waals surface area contributed by atoms with Crippen LogP contribution in [0.2, 0.25) is 5.02 Å². The smallest absolute Gasteiger partial charge is 0.270 e. The Kier molecular flexibility index (Phi) is 8.43. The number of phenols is 1. The first kappa shape index (κ1) is 26.4. The van der Waals surface area contributed by atoms with Gasteiger partial charge in [-0.3, -0.25) is 4.90 Å². The number of nitrogens with zero attached hydrogens (tertiary/aromatic N) is 7. The molecule has 2 saturated heterocycles. The van der Waals surface area contributed by atoms with Crippen LogP contribution < -0.4 is 4.90 Å². The molecule has 0 radical (unpaired) electrons. The molecule has 1 N–H and O–H groups in total. The summed E-state index contributed by atoms with van der Waals surface area (Å²) >= 11 is 6.35. The summed E-state index contributed by atoms with van der Waals surface area (Å²) < 4.78 is 19.6. The van der Waals surface area contributed by atoms with Crippen LogP contribution >= 0.6 is 11.6 Å². The van der Waals surface area contributed by atoms with Crippen LogP contribution in [0.4, 0.5) is 16.2 Å². The molecule has 2 fully saturated rings. The van der Waals surface area contributed by atoms with Gasteiger partial charge in [-0.1, -0.05) is 35.9 Å². The lowest BCUT2D eigenvalue weighted by Gasteiger charge is -2.32. The second kappa shape index (κ2) is 12.1. The van der Waals surface area contributed by atoms with Crippen molar-refractivity contribution in [2.75, 3.05) is 64.4 Å². The van der Waals surface area contributed by atoms with Gasteiger partial charge in [0.25, 0.3) is 5.95 Å². The van der Waals surface area contributed by atoms with Crippen molar-refractivity contribution in [3.05, 3.63) is 64.6 Å². The minimum Gasteiger partial charge on any atom is -0.506 e. The summed E-state index contributed by atoms with van der Waals surface area (Å²) in [4.78, 5) is 14.7. The number of aromatic hydroxyl groups is 1. The summed E-state index contributed by atoms with van der Waals surface area (Å²) in [6, 6.07) is 12.0. The van der Waals surface area contributed by atoms with Crippen molar-refractivity contribution in [2.24, 2.45) is 10.2 Å². The lowest BCUT2D eigenvalue weighted by molar-refractivity contribution is 0.122. The number of morpholine rings is 1. The Bertz CT molecular complexity index is 1280. The highest BCUT2D eigenvalue weighted by Crippen LogP contribution is 2.34. The van der Waals surface area contributed by atoms with E-state index in [0.29, 0.717) is 31.9 Å². The third kappa shape index (κ3) is 6.44. The summed E-state index contributed by atoms with van der Waals surface area (Å²) in [5.74, 6) is -0.334. The first-order valence-electron chi connectivity index (χ1n) is 12.7. The number of rotatable bonds is 7. The van der Waals surface area contributed by atoms with Gasteiger partial charge >= 0.3 is 0 Å². The maximum absolute atomic E-state index is 14.3. The summed E-state index contributed by atoms with van der Waals surface area (Å²) in [5, 5.41) is 19.0. The van der Waals surface area contributed by atoms with Gasteiger partial charge in [0.1, 0.15) is 5.75 Å². The van der Waals surface area contributed by atoms with E-state index in [2.05, 4.69) is 61.3 Å². The number of piperazine rings is 1. The van der Waals surface area contributed by atoms with Gasteiger partial charge in [0.05, 0.1) is 31.0 Å². The molecule has 0 aliphatic carbocycles. The number of azo groups is 1.